The molecule has 0 saturated heterocycles. The van der Waals surface area contributed by atoms with Crippen molar-refractivity contribution in [3.05, 3.63) is 71.3 Å². The van der Waals surface area contributed by atoms with Crippen molar-refractivity contribution < 1.29 is 4.79 Å². The molecule has 1 aliphatic rings. The first kappa shape index (κ1) is 16.9. The van der Waals surface area contributed by atoms with Crippen molar-refractivity contribution in [2.45, 2.75) is 57.5 Å². The minimum absolute atomic E-state index is 0.232. The molecule has 1 saturated carbocycles. The first-order valence-electron chi connectivity index (χ1n) is 9.16. The van der Waals surface area contributed by atoms with Crippen LogP contribution in [0.3, 0.4) is 0 Å². The fourth-order valence-corrected chi connectivity index (χ4v) is 3.63. The Morgan fingerprint density at radius 3 is 2.25 bits per heavy atom. The van der Waals surface area contributed by atoms with Crippen LogP contribution in [0.25, 0.3) is 0 Å². The molecule has 126 valence electrons. The maximum absolute atomic E-state index is 11.7. The van der Waals surface area contributed by atoms with E-state index in [4.69, 9.17) is 0 Å². The van der Waals surface area contributed by atoms with E-state index in [0.29, 0.717) is 18.4 Å². The first-order chi connectivity index (χ1) is 11.8. The minimum Gasteiger partial charge on any atom is -0.310 e. The largest absolute Gasteiger partial charge is 0.310 e. The fraction of sp³-hybridized carbons (Fsp3) is 0.409. The van der Waals surface area contributed by atoms with Crippen LogP contribution in [0.15, 0.2) is 54.6 Å². The van der Waals surface area contributed by atoms with Crippen LogP contribution in [0, 0.1) is 0 Å². The second-order valence-electron chi connectivity index (χ2n) is 6.81. The molecule has 0 aromatic heterocycles. The van der Waals surface area contributed by atoms with Crippen molar-refractivity contribution in [3.63, 3.8) is 0 Å². The van der Waals surface area contributed by atoms with E-state index in [-0.39, 0.29) is 5.78 Å². The van der Waals surface area contributed by atoms with Crippen LogP contribution < -0.4 is 5.32 Å². The summed E-state index contributed by atoms with van der Waals surface area (Å²) in [5.41, 5.74) is 3.60. The van der Waals surface area contributed by atoms with Crippen molar-refractivity contribution in [2.24, 2.45) is 0 Å². The van der Waals surface area contributed by atoms with E-state index in [1.54, 1.807) is 0 Å². The van der Waals surface area contributed by atoms with E-state index < -0.39 is 0 Å². The quantitative estimate of drug-likeness (QED) is 0.750. The van der Waals surface area contributed by atoms with Crippen LogP contribution >= 0.6 is 0 Å². The van der Waals surface area contributed by atoms with Crippen molar-refractivity contribution in [2.75, 3.05) is 0 Å². The second kappa shape index (κ2) is 8.25. The highest BCUT2D eigenvalue weighted by molar-refractivity contribution is 5.95. The van der Waals surface area contributed by atoms with Gasteiger partial charge in [0.05, 0.1) is 0 Å². The lowest BCUT2D eigenvalue weighted by Crippen LogP contribution is -2.32. The van der Waals surface area contributed by atoms with Gasteiger partial charge in [-0.15, -0.1) is 0 Å². The van der Waals surface area contributed by atoms with Crippen LogP contribution in [-0.2, 0) is 6.54 Å². The van der Waals surface area contributed by atoms with Crippen molar-refractivity contribution in [1.82, 2.24) is 5.32 Å². The standard InChI is InChI=1S/C22H27NO/c1-2-22(24)20-10-8-18(9-11-20)19-12-14-21(15-13-19)23-16-17-6-4-3-5-7-17/h3-11,19,21,23H,2,12-16H2,1H3. The smallest absolute Gasteiger partial charge is 0.162 e. The zero-order valence-corrected chi connectivity index (χ0v) is 14.5. The fourth-order valence-electron chi connectivity index (χ4n) is 3.63. The van der Waals surface area contributed by atoms with Crippen LogP contribution in [0.5, 0.6) is 0 Å². The number of hydrogen-bond donors (Lipinski definition) is 1. The zero-order valence-electron chi connectivity index (χ0n) is 14.5. The van der Waals surface area contributed by atoms with Crippen molar-refractivity contribution >= 4 is 5.78 Å². The lowest BCUT2D eigenvalue weighted by Gasteiger charge is -2.29. The lowest BCUT2D eigenvalue weighted by atomic mass is 9.81. The second-order valence-corrected chi connectivity index (χ2v) is 6.81. The molecule has 0 spiro atoms. The molecule has 0 radical (unpaired) electrons. The van der Waals surface area contributed by atoms with Gasteiger partial charge in [-0.25, -0.2) is 0 Å². The number of nitrogens with one attached hydrogen (secondary N) is 1. The molecule has 0 heterocycles. The van der Waals surface area contributed by atoms with Crippen molar-refractivity contribution in [3.8, 4) is 0 Å². The van der Waals surface area contributed by atoms with Gasteiger partial charge in [0.15, 0.2) is 5.78 Å². The third kappa shape index (κ3) is 4.33. The van der Waals surface area contributed by atoms with Crippen LogP contribution in [0.1, 0.15) is 66.4 Å². The highest BCUT2D eigenvalue weighted by atomic mass is 16.1. The van der Waals surface area contributed by atoms with Gasteiger partial charge in [0.1, 0.15) is 0 Å². The van der Waals surface area contributed by atoms with Crippen molar-refractivity contribution in [1.29, 1.82) is 0 Å². The molecule has 0 bridgehead atoms. The third-order valence-corrected chi connectivity index (χ3v) is 5.19. The molecule has 1 fully saturated rings. The molecule has 0 unspecified atom stereocenters. The van der Waals surface area contributed by atoms with Gasteiger partial charge >= 0.3 is 0 Å². The summed E-state index contributed by atoms with van der Waals surface area (Å²) in [5.74, 6) is 0.876. The maximum Gasteiger partial charge on any atom is 0.162 e. The normalized spacial score (nSPS) is 20.7. The van der Waals surface area contributed by atoms with E-state index in [1.165, 1.54) is 36.8 Å². The number of benzene rings is 2. The summed E-state index contributed by atoms with van der Waals surface area (Å²) in [6, 6.07) is 19.6. The van der Waals surface area contributed by atoms with Gasteiger partial charge in [-0.1, -0.05) is 61.5 Å². The minimum atomic E-state index is 0.232. The molecule has 24 heavy (non-hydrogen) atoms. The Morgan fingerprint density at radius 2 is 1.62 bits per heavy atom. The summed E-state index contributed by atoms with van der Waals surface area (Å²) in [4.78, 5) is 11.7. The van der Waals surface area contributed by atoms with Gasteiger partial charge in [0.2, 0.25) is 0 Å². The van der Waals surface area contributed by atoms with Gasteiger partial charge in [-0.3, -0.25) is 4.79 Å². The third-order valence-electron chi connectivity index (χ3n) is 5.19. The van der Waals surface area contributed by atoms with Gasteiger partial charge in [-0.05, 0) is 42.7 Å². The molecule has 0 aliphatic heterocycles. The van der Waals surface area contributed by atoms with Gasteiger partial charge in [0, 0.05) is 24.6 Å². The van der Waals surface area contributed by atoms with Gasteiger partial charge < -0.3 is 5.32 Å². The topological polar surface area (TPSA) is 29.1 Å². The Balaban J connectivity index is 1.49. The van der Waals surface area contributed by atoms with E-state index in [1.807, 2.05) is 19.1 Å². The van der Waals surface area contributed by atoms with E-state index in [0.717, 1.165) is 12.1 Å². The lowest BCUT2D eigenvalue weighted by molar-refractivity contribution is 0.0988. The molecular weight excluding hydrogens is 294 g/mol. The molecule has 2 aromatic carbocycles. The summed E-state index contributed by atoms with van der Waals surface area (Å²) in [5, 5.41) is 3.70. The summed E-state index contributed by atoms with van der Waals surface area (Å²) < 4.78 is 0. The van der Waals surface area contributed by atoms with Crippen LogP contribution in [0.4, 0.5) is 0 Å². The molecule has 0 atom stereocenters. The predicted octanol–water partition coefficient (Wildman–Crippen LogP) is 5.10. The van der Waals surface area contributed by atoms with E-state index >= 15 is 0 Å². The Bertz CT molecular complexity index is 639. The Hall–Kier alpha value is -1.93. The van der Waals surface area contributed by atoms with Crippen LogP contribution in [-0.4, -0.2) is 11.8 Å². The van der Waals surface area contributed by atoms with Gasteiger partial charge in [0.25, 0.3) is 0 Å². The number of hydrogen-bond acceptors (Lipinski definition) is 2. The number of Topliss-reactive ketones (excluding diaryl/α,β-unsaturated/α-hetero) is 1. The number of carbonyl (C=O) groups excluding carboxylic acids is 1. The monoisotopic (exact) mass is 321 g/mol. The summed E-state index contributed by atoms with van der Waals surface area (Å²) in [6.07, 6.45) is 5.50. The number of rotatable bonds is 6. The average Bonchev–Trinajstić information content (AvgIpc) is 2.67. The number of carbonyl (C=O) groups is 1. The van der Waals surface area contributed by atoms with E-state index in [2.05, 4.69) is 47.8 Å². The summed E-state index contributed by atoms with van der Waals surface area (Å²) >= 11 is 0. The highest BCUT2D eigenvalue weighted by Gasteiger charge is 2.22. The van der Waals surface area contributed by atoms with E-state index in [9.17, 15) is 4.79 Å². The Morgan fingerprint density at radius 1 is 0.958 bits per heavy atom. The maximum atomic E-state index is 11.7. The molecular formula is C22H27NO. The van der Waals surface area contributed by atoms with Gasteiger partial charge in [-0.2, -0.15) is 0 Å². The molecule has 3 rings (SSSR count). The van der Waals surface area contributed by atoms with Crippen LogP contribution in [0.2, 0.25) is 0 Å². The zero-order chi connectivity index (χ0) is 16.8. The summed E-state index contributed by atoms with van der Waals surface area (Å²) in [6.45, 7) is 2.88. The number of ketones is 1. The molecule has 2 nitrogen and oxygen atoms in total. The predicted molar refractivity (Wildman–Crippen MR) is 99.3 cm³/mol. The molecule has 0 amide bonds. The SMILES string of the molecule is CCC(=O)c1ccc(C2CCC(NCc3ccccc3)CC2)cc1. The first-order valence-corrected chi connectivity index (χ1v) is 9.16. The molecule has 2 heteroatoms. The molecule has 1 aliphatic carbocycles. The molecule has 2 aromatic rings. The summed E-state index contributed by atoms with van der Waals surface area (Å²) in [7, 11) is 0. The Kier molecular flexibility index (Phi) is 5.81. The average molecular weight is 321 g/mol. The Labute approximate surface area is 145 Å². The highest BCUT2D eigenvalue weighted by Crippen LogP contribution is 2.33. The molecule has 1 N–H and O–H groups in total.